The minimum absolute atomic E-state index is 0.213. The van der Waals surface area contributed by atoms with Crippen LogP contribution in [-0.4, -0.2) is 21.0 Å². The van der Waals surface area contributed by atoms with Gasteiger partial charge >= 0.3 is 5.72 Å². The minimum Gasteiger partial charge on any atom is -0.314 e. The average Bonchev–Trinajstić information content (AvgIpc) is 2.38. The zero-order chi connectivity index (χ0) is 14.1. The maximum absolute atomic E-state index is 11.6. The van der Waals surface area contributed by atoms with E-state index in [1.54, 1.807) is 0 Å². The lowest BCUT2D eigenvalue weighted by molar-refractivity contribution is -0.608. The van der Waals surface area contributed by atoms with Gasteiger partial charge in [0, 0.05) is 7.11 Å². The van der Waals surface area contributed by atoms with Crippen molar-refractivity contribution in [1.29, 1.82) is 0 Å². The molecule has 1 atom stereocenters. The number of nitro groups is 1. The van der Waals surface area contributed by atoms with Crippen LogP contribution in [0.5, 0.6) is 0 Å². The first-order valence-corrected chi connectivity index (χ1v) is 7.33. The Morgan fingerprint density at radius 1 is 1.32 bits per heavy atom. The Labute approximate surface area is 128 Å². The highest BCUT2D eigenvalue weighted by Crippen LogP contribution is 2.49. The van der Waals surface area contributed by atoms with Gasteiger partial charge in [-0.05, 0) is 12.0 Å². The van der Waals surface area contributed by atoms with Crippen LogP contribution in [0.2, 0.25) is 0 Å². The molecule has 1 aliphatic carbocycles. The third kappa shape index (κ3) is 2.75. The van der Waals surface area contributed by atoms with Crippen molar-refractivity contribution in [1.82, 2.24) is 0 Å². The van der Waals surface area contributed by atoms with Crippen molar-refractivity contribution in [2.45, 2.75) is 21.8 Å². The molecule has 0 heterocycles. The number of halogens is 2. The van der Waals surface area contributed by atoms with Gasteiger partial charge in [0.2, 0.25) is 0 Å². The Balaban J connectivity index is 2.56. The summed E-state index contributed by atoms with van der Waals surface area (Å²) in [6.45, 7) is 0. The molecule has 2 rings (SSSR count). The molecular weight excluding hydrogens is 378 g/mol. The molecule has 0 bridgehead atoms. The zero-order valence-electron chi connectivity index (χ0n) is 10.3. The molecule has 1 aromatic carbocycles. The molecule has 0 saturated heterocycles. The van der Waals surface area contributed by atoms with Gasteiger partial charge in [0.1, 0.15) is 0 Å². The van der Waals surface area contributed by atoms with Crippen LogP contribution in [0.3, 0.4) is 0 Å². The molecule has 0 N–H and O–H groups in total. The Hall–Kier alpha value is -0.720. The molecule has 0 saturated carbocycles. The number of benzene rings is 1. The van der Waals surface area contributed by atoms with E-state index >= 15 is 0 Å². The number of hydrogen-bond donors (Lipinski definition) is 0. The lowest BCUT2D eigenvalue weighted by Gasteiger charge is -2.35. The summed E-state index contributed by atoms with van der Waals surface area (Å²) in [4.78, 5) is 11.2. The van der Waals surface area contributed by atoms with Crippen molar-refractivity contribution in [3.63, 3.8) is 0 Å². The summed E-state index contributed by atoms with van der Waals surface area (Å²) >= 11 is 6.93. The van der Waals surface area contributed by atoms with Crippen LogP contribution in [0.1, 0.15) is 18.4 Å². The average molecular weight is 391 g/mol. The number of rotatable bonds is 3. The summed E-state index contributed by atoms with van der Waals surface area (Å²) in [7, 11) is 1.38. The number of alkyl halides is 2. The Kier molecular flexibility index (Phi) is 4.13. The summed E-state index contributed by atoms with van der Waals surface area (Å²) in [5.74, 6) is 0. The molecule has 1 aromatic rings. The van der Waals surface area contributed by atoms with E-state index in [-0.39, 0.29) is 11.3 Å². The maximum atomic E-state index is 11.6. The van der Waals surface area contributed by atoms with Gasteiger partial charge in [-0.15, -0.1) is 0 Å². The highest BCUT2D eigenvalue weighted by atomic mass is 79.9. The van der Waals surface area contributed by atoms with Crippen LogP contribution in [0.4, 0.5) is 0 Å². The van der Waals surface area contributed by atoms with Gasteiger partial charge < -0.3 is 4.74 Å². The van der Waals surface area contributed by atoms with E-state index in [9.17, 15) is 10.1 Å². The molecule has 0 aliphatic heterocycles. The molecular formula is C13H13Br2NO3. The lowest BCUT2D eigenvalue weighted by Crippen LogP contribution is -2.47. The molecule has 0 fully saturated rings. The standard InChI is InChI=1S/C13H13Br2NO3/c1-19-13(16(17)18)9-12(14,15)8-7-11(13)10-5-3-2-4-6-10/h2-7H,8-9H2,1H3. The minimum atomic E-state index is -1.54. The molecule has 1 aliphatic rings. The summed E-state index contributed by atoms with van der Waals surface area (Å²) in [5, 5.41) is 11.6. The van der Waals surface area contributed by atoms with Gasteiger partial charge in [0.05, 0.1) is 20.2 Å². The second-order valence-corrected chi connectivity index (χ2v) is 8.57. The smallest absolute Gasteiger partial charge is 0.314 e. The highest BCUT2D eigenvalue weighted by Gasteiger charge is 2.55. The van der Waals surface area contributed by atoms with E-state index in [0.717, 1.165) is 5.56 Å². The second kappa shape index (κ2) is 5.34. The Bertz CT molecular complexity index is 516. The van der Waals surface area contributed by atoms with Crippen LogP contribution >= 0.6 is 31.9 Å². The molecule has 0 spiro atoms. The van der Waals surface area contributed by atoms with E-state index in [0.29, 0.717) is 12.0 Å². The van der Waals surface area contributed by atoms with Crippen LogP contribution in [0, 0.1) is 10.1 Å². The normalized spacial score (nSPS) is 25.7. The molecule has 1 unspecified atom stereocenters. The van der Waals surface area contributed by atoms with Gasteiger partial charge in [0.15, 0.2) is 0 Å². The zero-order valence-corrected chi connectivity index (χ0v) is 13.5. The SMILES string of the molecule is COC1([N+](=O)[O-])CC(Br)(Br)CC=C1c1ccccc1. The summed E-state index contributed by atoms with van der Waals surface area (Å²) < 4.78 is 4.80. The van der Waals surface area contributed by atoms with Crippen molar-refractivity contribution in [2.75, 3.05) is 7.11 Å². The maximum Gasteiger partial charge on any atom is 0.353 e. The molecule has 4 nitrogen and oxygen atoms in total. The van der Waals surface area contributed by atoms with Gasteiger partial charge in [-0.2, -0.15) is 0 Å². The molecule has 19 heavy (non-hydrogen) atoms. The van der Waals surface area contributed by atoms with Gasteiger partial charge in [-0.3, -0.25) is 10.1 Å². The van der Waals surface area contributed by atoms with Crippen molar-refractivity contribution in [2.24, 2.45) is 0 Å². The fourth-order valence-electron chi connectivity index (χ4n) is 2.31. The fraction of sp³-hybridized carbons (Fsp3) is 0.385. The lowest BCUT2D eigenvalue weighted by atomic mass is 9.85. The van der Waals surface area contributed by atoms with Gasteiger partial charge in [-0.25, -0.2) is 0 Å². The number of ether oxygens (including phenoxy) is 1. The third-order valence-corrected chi connectivity index (χ3v) is 4.45. The summed E-state index contributed by atoms with van der Waals surface area (Å²) in [6.07, 6.45) is 2.72. The summed E-state index contributed by atoms with van der Waals surface area (Å²) in [6, 6.07) is 9.32. The Morgan fingerprint density at radius 3 is 2.47 bits per heavy atom. The van der Waals surface area contributed by atoms with E-state index in [4.69, 9.17) is 4.74 Å². The van der Waals surface area contributed by atoms with Crippen LogP contribution in [-0.2, 0) is 4.74 Å². The molecule has 0 amide bonds. The first-order chi connectivity index (χ1) is 8.91. The molecule has 0 aromatic heterocycles. The van der Waals surface area contributed by atoms with E-state index in [2.05, 4.69) is 31.9 Å². The van der Waals surface area contributed by atoms with Crippen molar-refractivity contribution < 1.29 is 9.66 Å². The second-order valence-electron chi connectivity index (χ2n) is 4.47. The monoisotopic (exact) mass is 389 g/mol. The van der Waals surface area contributed by atoms with Crippen LogP contribution in [0.15, 0.2) is 36.4 Å². The van der Waals surface area contributed by atoms with Gasteiger partial charge in [0.25, 0.3) is 0 Å². The molecule has 102 valence electrons. The highest BCUT2D eigenvalue weighted by molar-refractivity contribution is 9.25. The predicted molar refractivity (Wildman–Crippen MR) is 81.0 cm³/mol. The topological polar surface area (TPSA) is 52.4 Å². The quantitative estimate of drug-likeness (QED) is 0.339. The summed E-state index contributed by atoms with van der Waals surface area (Å²) in [5.41, 5.74) is -0.112. The van der Waals surface area contributed by atoms with Crippen LogP contribution < -0.4 is 0 Å². The Morgan fingerprint density at radius 2 is 1.95 bits per heavy atom. The first-order valence-electron chi connectivity index (χ1n) is 5.75. The number of methoxy groups -OCH3 is 1. The molecule has 0 radical (unpaired) electrons. The predicted octanol–water partition coefficient (Wildman–Crippen LogP) is 3.97. The van der Waals surface area contributed by atoms with Crippen molar-refractivity contribution in [3.8, 4) is 0 Å². The largest absolute Gasteiger partial charge is 0.353 e. The van der Waals surface area contributed by atoms with Gasteiger partial charge in [-0.1, -0.05) is 68.3 Å². The molecule has 6 heteroatoms. The van der Waals surface area contributed by atoms with E-state index < -0.39 is 8.96 Å². The first kappa shape index (κ1) is 14.7. The van der Waals surface area contributed by atoms with E-state index in [1.807, 2.05) is 36.4 Å². The third-order valence-electron chi connectivity index (χ3n) is 3.24. The number of hydrogen-bond acceptors (Lipinski definition) is 3. The van der Waals surface area contributed by atoms with Crippen LogP contribution in [0.25, 0.3) is 5.57 Å². The number of nitrogens with zero attached hydrogens (tertiary/aromatic N) is 1. The van der Waals surface area contributed by atoms with Crippen molar-refractivity contribution in [3.05, 3.63) is 52.1 Å². The van der Waals surface area contributed by atoms with E-state index in [1.165, 1.54) is 7.11 Å². The number of allylic oxidation sites excluding steroid dienone is 1. The fourth-order valence-corrected chi connectivity index (χ4v) is 3.39. The van der Waals surface area contributed by atoms with Crippen molar-refractivity contribution >= 4 is 37.4 Å².